The summed E-state index contributed by atoms with van der Waals surface area (Å²) in [5.41, 5.74) is 1.47. The van der Waals surface area contributed by atoms with Crippen LogP contribution in [0, 0.1) is 40.9 Å². The first kappa shape index (κ1) is 18.8. The van der Waals surface area contributed by atoms with Crippen molar-refractivity contribution >= 4 is 5.78 Å². The van der Waals surface area contributed by atoms with Crippen molar-refractivity contribution in [2.24, 2.45) is 29.1 Å². The van der Waals surface area contributed by atoms with Gasteiger partial charge in [0.05, 0.1) is 12.5 Å². The van der Waals surface area contributed by atoms with Crippen LogP contribution < -0.4 is 0 Å². The number of hydrogen-bond acceptors (Lipinski definition) is 2. The van der Waals surface area contributed by atoms with Crippen molar-refractivity contribution < 1.29 is 9.53 Å². The Morgan fingerprint density at radius 3 is 2.67 bits per heavy atom. The number of benzene rings is 1. The van der Waals surface area contributed by atoms with Crippen LogP contribution in [-0.2, 0) is 9.53 Å². The van der Waals surface area contributed by atoms with Gasteiger partial charge in [0.15, 0.2) is 0 Å². The van der Waals surface area contributed by atoms with Crippen LogP contribution in [0.15, 0.2) is 30.3 Å². The summed E-state index contributed by atoms with van der Waals surface area (Å²) in [7, 11) is 0. The molecule has 1 aromatic rings. The molecule has 4 fully saturated rings. The molecule has 2 heteroatoms. The van der Waals surface area contributed by atoms with Gasteiger partial charge in [0.2, 0.25) is 0 Å². The Morgan fingerprint density at radius 1 is 1.15 bits per heavy atom. The van der Waals surface area contributed by atoms with E-state index in [1.165, 1.54) is 19.3 Å². The van der Waals surface area contributed by atoms with E-state index in [9.17, 15) is 4.79 Å². The van der Waals surface area contributed by atoms with Crippen LogP contribution in [0.3, 0.4) is 0 Å². The third-order valence-corrected chi connectivity index (χ3v) is 7.59. The first-order chi connectivity index (χ1) is 13.1. The minimum Gasteiger partial charge on any atom is -0.364 e. The Hall–Kier alpha value is -1.59. The van der Waals surface area contributed by atoms with E-state index in [0.29, 0.717) is 23.5 Å². The lowest BCUT2D eigenvalue weighted by atomic mass is 9.46. The molecule has 0 amide bonds. The van der Waals surface area contributed by atoms with Gasteiger partial charge in [0, 0.05) is 12.0 Å². The Balaban J connectivity index is 1.46. The second kappa shape index (κ2) is 7.80. The normalized spacial score (nSPS) is 32.7. The quantitative estimate of drug-likeness (QED) is 0.682. The molecule has 144 valence electrons. The van der Waals surface area contributed by atoms with Crippen LogP contribution in [0.2, 0.25) is 0 Å². The van der Waals surface area contributed by atoms with Crippen LogP contribution in [0.1, 0.15) is 64.4 Å². The fraction of sp³-hybridized carbons (Fsp3) is 0.640. The summed E-state index contributed by atoms with van der Waals surface area (Å²) < 4.78 is 6.41. The predicted octanol–water partition coefficient (Wildman–Crippen LogP) is 5.25. The molecule has 2 bridgehead atoms. The van der Waals surface area contributed by atoms with Crippen molar-refractivity contribution in [1.82, 2.24) is 0 Å². The molecule has 0 N–H and O–H groups in total. The number of carbonyl (C=O) groups is 1. The highest BCUT2D eigenvalue weighted by Gasteiger charge is 2.54. The predicted molar refractivity (Wildman–Crippen MR) is 108 cm³/mol. The lowest BCUT2D eigenvalue weighted by molar-refractivity contribution is -0.139. The molecule has 4 aliphatic rings. The molecule has 2 nitrogen and oxygen atoms in total. The van der Waals surface area contributed by atoms with Crippen LogP contribution in [0.25, 0.3) is 0 Å². The zero-order chi connectivity index (χ0) is 18.9. The number of carbonyl (C=O) groups excluding carboxylic acids is 1. The fourth-order valence-electron chi connectivity index (χ4n) is 5.65. The van der Waals surface area contributed by atoms with E-state index in [1.807, 2.05) is 30.3 Å². The van der Waals surface area contributed by atoms with Gasteiger partial charge >= 0.3 is 0 Å². The highest BCUT2D eigenvalue weighted by Crippen LogP contribution is 2.61. The average molecular weight is 365 g/mol. The lowest BCUT2D eigenvalue weighted by Crippen LogP contribution is -2.53. The summed E-state index contributed by atoms with van der Waals surface area (Å²) in [6.07, 6.45) is 7.48. The van der Waals surface area contributed by atoms with E-state index < -0.39 is 0 Å². The van der Waals surface area contributed by atoms with Crippen molar-refractivity contribution in [3.05, 3.63) is 35.9 Å². The molecule has 0 spiro atoms. The third-order valence-electron chi connectivity index (χ3n) is 7.59. The van der Waals surface area contributed by atoms with E-state index in [1.54, 1.807) is 0 Å². The first-order valence-corrected chi connectivity index (χ1v) is 10.8. The summed E-state index contributed by atoms with van der Waals surface area (Å²) in [4.78, 5) is 12.5. The largest absolute Gasteiger partial charge is 0.364 e. The molecule has 0 aliphatic heterocycles. The van der Waals surface area contributed by atoms with Gasteiger partial charge in [-0.1, -0.05) is 50.3 Å². The number of Topliss-reactive ketones (excluding diaryl/α,β-unsaturated/α-hetero) is 1. The second-order valence-corrected chi connectivity index (χ2v) is 9.41. The van der Waals surface area contributed by atoms with Crippen molar-refractivity contribution in [3.63, 3.8) is 0 Å². The molecule has 0 heterocycles. The van der Waals surface area contributed by atoms with Crippen LogP contribution in [0.5, 0.6) is 0 Å². The maximum atomic E-state index is 12.5. The maximum absolute atomic E-state index is 12.5. The van der Waals surface area contributed by atoms with Crippen LogP contribution in [0.4, 0.5) is 0 Å². The summed E-state index contributed by atoms with van der Waals surface area (Å²) in [5.74, 6) is 9.22. The third kappa shape index (κ3) is 3.85. The van der Waals surface area contributed by atoms with E-state index in [2.05, 4.69) is 25.7 Å². The van der Waals surface area contributed by atoms with E-state index in [-0.39, 0.29) is 12.0 Å². The lowest BCUT2D eigenvalue weighted by Gasteiger charge is -2.60. The van der Waals surface area contributed by atoms with Gasteiger partial charge in [-0.2, -0.15) is 0 Å². The molecule has 4 aliphatic carbocycles. The maximum Gasteiger partial charge on any atom is 0.139 e. The zero-order valence-corrected chi connectivity index (χ0v) is 16.7. The Labute approximate surface area is 164 Å². The highest BCUT2D eigenvalue weighted by atomic mass is 16.5. The van der Waals surface area contributed by atoms with Crippen LogP contribution in [-0.4, -0.2) is 18.5 Å². The van der Waals surface area contributed by atoms with Gasteiger partial charge in [0.25, 0.3) is 0 Å². The van der Waals surface area contributed by atoms with Crippen molar-refractivity contribution in [2.45, 2.75) is 64.9 Å². The Kier molecular flexibility index (Phi) is 5.42. The molecular weight excluding hydrogens is 332 g/mol. The van der Waals surface area contributed by atoms with E-state index in [0.717, 1.165) is 43.3 Å². The summed E-state index contributed by atoms with van der Waals surface area (Å²) >= 11 is 0. The molecular formula is C25H32O2. The minimum absolute atomic E-state index is 0.0410. The van der Waals surface area contributed by atoms with Gasteiger partial charge in [-0.15, -0.1) is 0 Å². The van der Waals surface area contributed by atoms with Crippen molar-refractivity contribution in [2.75, 3.05) is 6.61 Å². The topological polar surface area (TPSA) is 26.3 Å². The van der Waals surface area contributed by atoms with Crippen LogP contribution >= 0.6 is 0 Å². The molecule has 5 rings (SSSR count). The average Bonchev–Trinajstić information content (AvgIpc) is 2.69. The molecule has 0 radical (unpaired) electrons. The van der Waals surface area contributed by atoms with Crippen molar-refractivity contribution in [3.8, 4) is 11.8 Å². The summed E-state index contributed by atoms with van der Waals surface area (Å²) in [6, 6.07) is 10.0. The molecule has 1 aromatic carbocycles. The number of ketones is 1. The van der Waals surface area contributed by atoms with Gasteiger partial charge in [0.1, 0.15) is 11.9 Å². The number of hydrogen-bond donors (Lipinski definition) is 0. The van der Waals surface area contributed by atoms with Gasteiger partial charge in [-0.3, -0.25) is 4.79 Å². The molecule has 0 saturated heterocycles. The van der Waals surface area contributed by atoms with Gasteiger partial charge in [-0.25, -0.2) is 0 Å². The van der Waals surface area contributed by atoms with Gasteiger partial charge < -0.3 is 4.74 Å². The van der Waals surface area contributed by atoms with Crippen molar-refractivity contribution in [1.29, 1.82) is 0 Å². The molecule has 0 aromatic heterocycles. The Bertz CT molecular complexity index is 722. The smallest absolute Gasteiger partial charge is 0.139 e. The SMILES string of the molecule is CC1(C)[C@H]2CC[C@H](CO[C@H](C#Cc3ccccc3)[C@H]3CCCCC3=O)[C@@H]1C2. The number of fused-ring (bicyclic) bond motifs is 2. The molecule has 27 heavy (non-hydrogen) atoms. The monoisotopic (exact) mass is 364 g/mol. The second-order valence-electron chi connectivity index (χ2n) is 9.41. The summed E-state index contributed by atoms with van der Waals surface area (Å²) in [6.45, 7) is 5.61. The highest BCUT2D eigenvalue weighted by molar-refractivity contribution is 5.82. The number of rotatable bonds is 4. The van der Waals surface area contributed by atoms with E-state index >= 15 is 0 Å². The number of ether oxygens (including phenoxy) is 1. The molecule has 5 atom stereocenters. The zero-order valence-electron chi connectivity index (χ0n) is 16.7. The van der Waals surface area contributed by atoms with E-state index in [4.69, 9.17) is 4.74 Å². The first-order valence-electron chi connectivity index (χ1n) is 10.8. The summed E-state index contributed by atoms with van der Waals surface area (Å²) in [5, 5.41) is 0. The van der Waals surface area contributed by atoms with Gasteiger partial charge in [-0.05, 0) is 67.4 Å². The molecule has 0 unspecified atom stereocenters. The standard InChI is InChI=1S/C25H32O2/c1-25(2)20-14-13-19(22(25)16-20)17-27-24(21-10-6-7-11-23(21)26)15-12-18-8-4-3-5-9-18/h3-5,8-9,19-22,24H,6-7,10-11,13-14,16-17H2,1-2H3/t19-,20+,21+,22+,24-/m1/s1. The minimum atomic E-state index is -0.251. The molecule has 4 saturated carbocycles. The fourth-order valence-corrected chi connectivity index (χ4v) is 5.65. The Morgan fingerprint density at radius 2 is 1.96 bits per heavy atom.